The number of aromatic nitrogens is 2. The number of aromatic amines is 1. The lowest BCUT2D eigenvalue weighted by atomic mass is 9.94. The molecule has 1 aliphatic heterocycles. The third-order valence-electron chi connectivity index (χ3n) is 3.19. The maximum atomic E-state index is 4.54. The highest BCUT2D eigenvalue weighted by Gasteiger charge is 2.18. The van der Waals surface area contributed by atoms with Crippen molar-refractivity contribution >= 4 is 10.9 Å². The number of nitrogens with zero attached hydrogens (tertiary/aromatic N) is 1. The number of rotatable bonds is 1. The average molecular weight is 201 g/mol. The van der Waals surface area contributed by atoms with Crippen LogP contribution >= 0.6 is 0 Å². The number of pyridine rings is 1. The van der Waals surface area contributed by atoms with Crippen molar-refractivity contribution in [3.8, 4) is 0 Å². The molecule has 0 unspecified atom stereocenters. The Kier molecular flexibility index (Phi) is 2.18. The summed E-state index contributed by atoms with van der Waals surface area (Å²) < 4.78 is 0. The zero-order valence-electron chi connectivity index (χ0n) is 8.66. The highest BCUT2D eigenvalue weighted by molar-refractivity contribution is 5.81. The van der Waals surface area contributed by atoms with Crippen LogP contribution in [0.5, 0.6) is 0 Å². The fourth-order valence-electron chi connectivity index (χ4n) is 2.42. The number of H-pyrrole nitrogens is 1. The molecule has 3 nitrogen and oxygen atoms in total. The van der Waals surface area contributed by atoms with Crippen molar-refractivity contribution in [2.24, 2.45) is 0 Å². The zero-order chi connectivity index (χ0) is 10.1. The van der Waals surface area contributed by atoms with Crippen molar-refractivity contribution in [3.05, 3.63) is 30.2 Å². The summed E-state index contributed by atoms with van der Waals surface area (Å²) in [4.78, 5) is 7.78. The molecule has 0 radical (unpaired) electrons. The van der Waals surface area contributed by atoms with Crippen LogP contribution in [-0.2, 0) is 0 Å². The summed E-state index contributed by atoms with van der Waals surface area (Å²) in [5.41, 5.74) is 2.45. The predicted octanol–water partition coefficient (Wildman–Crippen LogP) is 2.03. The van der Waals surface area contributed by atoms with E-state index in [1.807, 2.05) is 18.5 Å². The summed E-state index contributed by atoms with van der Waals surface area (Å²) in [6.45, 7) is 2.22. The topological polar surface area (TPSA) is 40.7 Å². The fraction of sp³-hybridized carbons (Fsp3) is 0.417. The second kappa shape index (κ2) is 3.66. The molecule has 3 heterocycles. The van der Waals surface area contributed by atoms with Crippen LogP contribution < -0.4 is 5.32 Å². The highest BCUT2D eigenvalue weighted by atomic mass is 14.9. The fourth-order valence-corrected chi connectivity index (χ4v) is 2.42. The van der Waals surface area contributed by atoms with Gasteiger partial charge in [-0.1, -0.05) is 0 Å². The monoisotopic (exact) mass is 201 g/mol. The maximum Gasteiger partial charge on any atom is 0.0540 e. The molecule has 78 valence electrons. The van der Waals surface area contributed by atoms with Gasteiger partial charge in [0.25, 0.3) is 0 Å². The summed E-state index contributed by atoms with van der Waals surface area (Å²) in [5, 5.41) is 4.72. The third kappa shape index (κ3) is 1.53. The quantitative estimate of drug-likeness (QED) is 0.741. The summed E-state index contributed by atoms with van der Waals surface area (Å²) in [5.74, 6) is 0.582. The summed E-state index contributed by atoms with van der Waals surface area (Å²) >= 11 is 0. The van der Waals surface area contributed by atoms with Gasteiger partial charge in [0.15, 0.2) is 0 Å². The van der Waals surface area contributed by atoms with E-state index in [2.05, 4.69) is 21.4 Å². The molecular weight excluding hydrogens is 186 g/mol. The molecule has 0 spiro atoms. The Bertz CT molecular complexity index is 455. The van der Waals surface area contributed by atoms with Gasteiger partial charge in [-0.05, 0) is 31.5 Å². The van der Waals surface area contributed by atoms with Crippen LogP contribution in [0.25, 0.3) is 10.9 Å². The van der Waals surface area contributed by atoms with Gasteiger partial charge in [-0.2, -0.15) is 0 Å². The molecule has 1 atom stereocenters. The van der Waals surface area contributed by atoms with Crippen molar-refractivity contribution in [2.75, 3.05) is 13.1 Å². The molecule has 3 rings (SSSR count). The molecule has 0 bridgehead atoms. The molecule has 1 fully saturated rings. The Hall–Kier alpha value is -1.35. The first kappa shape index (κ1) is 8.92. The molecule has 2 aromatic rings. The number of piperidine rings is 1. The normalized spacial score (nSPS) is 22.0. The second-order valence-electron chi connectivity index (χ2n) is 4.18. The lowest BCUT2D eigenvalue weighted by molar-refractivity contribution is 0.457. The Labute approximate surface area is 88.9 Å². The molecule has 2 N–H and O–H groups in total. The van der Waals surface area contributed by atoms with E-state index in [4.69, 9.17) is 0 Å². The minimum Gasteiger partial charge on any atom is -0.361 e. The largest absolute Gasteiger partial charge is 0.361 e. The third-order valence-corrected chi connectivity index (χ3v) is 3.19. The van der Waals surface area contributed by atoms with Crippen molar-refractivity contribution in [1.29, 1.82) is 0 Å². The van der Waals surface area contributed by atoms with Gasteiger partial charge in [0, 0.05) is 35.8 Å². The molecule has 1 aliphatic rings. The minimum atomic E-state index is 0.582. The standard InChI is InChI=1S/C12H15N3/c1-2-9(8-13-5-1)12-10-3-6-14-11(10)4-7-15-12/h3-4,6-7,9,13-14H,1-2,5,8H2/t9-/m1/s1. The molecule has 0 aliphatic carbocycles. The molecule has 0 saturated carbocycles. The van der Waals surface area contributed by atoms with Crippen LogP contribution in [0.3, 0.4) is 0 Å². The minimum absolute atomic E-state index is 0.582. The van der Waals surface area contributed by atoms with Crippen molar-refractivity contribution in [3.63, 3.8) is 0 Å². The van der Waals surface area contributed by atoms with E-state index in [-0.39, 0.29) is 0 Å². The SMILES string of the molecule is c1cc2[nH]ccc2c([C@@H]2CCCNC2)n1. The first-order valence-electron chi connectivity index (χ1n) is 5.58. The molecule has 0 aromatic carbocycles. The smallest absolute Gasteiger partial charge is 0.0540 e. The molecule has 1 saturated heterocycles. The van der Waals surface area contributed by atoms with E-state index in [0.29, 0.717) is 5.92 Å². The van der Waals surface area contributed by atoms with E-state index in [9.17, 15) is 0 Å². The molecule has 0 amide bonds. The Morgan fingerprint density at radius 1 is 1.33 bits per heavy atom. The van der Waals surface area contributed by atoms with Crippen LogP contribution in [-0.4, -0.2) is 23.1 Å². The van der Waals surface area contributed by atoms with Gasteiger partial charge in [0.2, 0.25) is 0 Å². The van der Waals surface area contributed by atoms with E-state index >= 15 is 0 Å². The Morgan fingerprint density at radius 2 is 2.33 bits per heavy atom. The Balaban J connectivity index is 2.05. The van der Waals surface area contributed by atoms with E-state index in [1.165, 1.54) is 29.4 Å². The highest BCUT2D eigenvalue weighted by Crippen LogP contribution is 2.27. The van der Waals surface area contributed by atoms with Gasteiger partial charge in [-0.15, -0.1) is 0 Å². The molecular formula is C12H15N3. The van der Waals surface area contributed by atoms with Crippen LogP contribution in [0.15, 0.2) is 24.5 Å². The van der Waals surface area contributed by atoms with Crippen molar-refractivity contribution in [1.82, 2.24) is 15.3 Å². The van der Waals surface area contributed by atoms with Crippen LogP contribution in [0.1, 0.15) is 24.5 Å². The number of nitrogens with one attached hydrogen (secondary N) is 2. The maximum absolute atomic E-state index is 4.54. The predicted molar refractivity (Wildman–Crippen MR) is 60.9 cm³/mol. The number of hydrogen-bond donors (Lipinski definition) is 2. The zero-order valence-corrected chi connectivity index (χ0v) is 8.66. The van der Waals surface area contributed by atoms with Gasteiger partial charge in [-0.25, -0.2) is 0 Å². The van der Waals surface area contributed by atoms with E-state index in [1.54, 1.807) is 0 Å². The van der Waals surface area contributed by atoms with Crippen LogP contribution in [0, 0.1) is 0 Å². The Morgan fingerprint density at radius 3 is 3.20 bits per heavy atom. The molecule has 3 heteroatoms. The second-order valence-corrected chi connectivity index (χ2v) is 4.18. The van der Waals surface area contributed by atoms with Crippen LogP contribution in [0.2, 0.25) is 0 Å². The number of fused-ring (bicyclic) bond motifs is 1. The molecule has 2 aromatic heterocycles. The van der Waals surface area contributed by atoms with Gasteiger partial charge in [0.1, 0.15) is 0 Å². The lowest BCUT2D eigenvalue weighted by Crippen LogP contribution is -2.28. The lowest BCUT2D eigenvalue weighted by Gasteiger charge is -2.22. The van der Waals surface area contributed by atoms with E-state index in [0.717, 1.165) is 13.1 Å². The molecule has 15 heavy (non-hydrogen) atoms. The van der Waals surface area contributed by atoms with Crippen LogP contribution in [0.4, 0.5) is 0 Å². The number of hydrogen-bond acceptors (Lipinski definition) is 2. The first-order valence-corrected chi connectivity index (χ1v) is 5.58. The van der Waals surface area contributed by atoms with Crippen molar-refractivity contribution < 1.29 is 0 Å². The van der Waals surface area contributed by atoms with E-state index < -0.39 is 0 Å². The average Bonchev–Trinajstić information content (AvgIpc) is 2.78. The van der Waals surface area contributed by atoms with Gasteiger partial charge >= 0.3 is 0 Å². The van der Waals surface area contributed by atoms with Gasteiger partial charge in [-0.3, -0.25) is 4.98 Å². The summed E-state index contributed by atoms with van der Waals surface area (Å²) in [7, 11) is 0. The van der Waals surface area contributed by atoms with Gasteiger partial charge < -0.3 is 10.3 Å². The summed E-state index contributed by atoms with van der Waals surface area (Å²) in [6, 6.07) is 4.17. The first-order chi connectivity index (χ1) is 7.45. The van der Waals surface area contributed by atoms with Gasteiger partial charge in [0.05, 0.1) is 5.69 Å². The van der Waals surface area contributed by atoms with Crippen molar-refractivity contribution in [2.45, 2.75) is 18.8 Å². The summed E-state index contributed by atoms with van der Waals surface area (Å²) in [6.07, 6.45) is 6.41.